The van der Waals surface area contributed by atoms with E-state index < -0.39 is 0 Å². The van der Waals surface area contributed by atoms with Gasteiger partial charge < -0.3 is 11.1 Å². The van der Waals surface area contributed by atoms with Crippen LogP contribution in [0.5, 0.6) is 0 Å². The van der Waals surface area contributed by atoms with Crippen molar-refractivity contribution < 1.29 is 4.79 Å². The Morgan fingerprint density at radius 1 is 1.53 bits per heavy atom. The number of nitrogens with one attached hydrogen (secondary N) is 1. The lowest BCUT2D eigenvalue weighted by Crippen LogP contribution is -2.29. The highest BCUT2D eigenvalue weighted by Crippen LogP contribution is 2.09. The van der Waals surface area contributed by atoms with Gasteiger partial charge in [0.15, 0.2) is 0 Å². The maximum Gasteiger partial charge on any atom is 0.228 e. The van der Waals surface area contributed by atoms with Gasteiger partial charge in [-0.3, -0.25) is 4.79 Å². The quantitative estimate of drug-likeness (QED) is 0.749. The van der Waals surface area contributed by atoms with E-state index in [1.165, 1.54) is 6.33 Å². The Kier molecular flexibility index (Phi) is 4.70. The van der Waals surface area contributed by atoms with Gasteiger partial charge >= 0.3 is 0 Å². The number of carbonyl (C=O) groups excluding carboxylic acids is 1. The summed E-state index contributed by atoms with van der Waals surface area (Å²) in [6.45, 7) is 2.40. The van der Waals surface area contributed by atoms with Crippen LogP contribution in [0.15, 0.2) is 18.7 Å². The van der Waals surface area contributed by atoms with E-state index >= 15 is 0 Å². The van der Waals surface area contributed by atoms with Crippen LogP contribution < -0.4 is 11.1 Å². The molecule has 15 heavy (non-hydrogen) atoms. The highest BCUT2D eigenvalue weighted by Gasteiger charge is 2.15. The Labute approximate surface area is 89.1 Å². The molecule has 1 heterocycles. The summed E-state index contributed by atoms with van der Waals surface area (Å²) in [6.07, 6.45) is 6.29. The number of rotatable bonds is 5. The smallest absolute Gasteiger partial charge is 0.228 e. The first-order valence-corrected chi connectivity index (χ1v) is 5.03. The minimum absolute atomic E-state index is 0.0610. The molecule has 82 valence electrons. The third kappa shape index (κ3) is 3.63. The number of amides is 1. The summed E-state index contributed by atoms with van der Waals surface area (Å²) in [4.78, 5) is 19.3. The molecule has 5 nitrogen and oxygen atoms in total. The molecule has 1 atom stereocenters. The number of nitrogens with two attached hydrogens (primary N) is 1. The molecule has 0 aliphatic carbocycles. The maximum absolute atomic E-state index is 11.7. The molecule has 3 N–H and O–H groups in total. The van der Waals surface area contributed by atoms with Gasteiger partial charge in [0.25, 0.3) is 0 Å². The average molecular weight is 208 g/mol. The molecule has 1 amide bonds. The zero-order chi connectivity index (χ0) is 11.1. The Hall–Kier alpha value is -1.49. The van der Waals surface area contributed by atoms with Crippen molar-refractivity contribution in [3.8, 4) is 0 Å². The van der Waals surface area contributed by atoms with Crippen molar-refractivity contribution in [3.05, 3.63) is 18.7 Å². The molecule has 0 aliphatic heterocycles. The fourth-order valence-corrected chi connectivity index (χ4v) is 1.31. The number of carbonyl (C=O) groups is 1. The van der Waals surface area contributed by atoms with Gasteiger partial charge in [-0.25, -0.2) is 9.97 Å². The monoisotopic (exact) mass is 208 g/mol. The lowest BCUT2D eigenvalue weighted by atomic mass is 10.0. The molecule has 0 spiro atoms. The van der Waals surface area contributed by atoms with Gasteiger partial charge in [-0.2, -0.15) is 0 Å². The van der Waals surface area contributed by atoms with E-state index in [0.717, 1.165) is 12.8 Å². The van der Waals surface area contributed by atoms with Gasteiger partial charge in [0.1, 0.15) is 6.33 Å². The highest BCUT2D eigenvalue weighted by molar-refractivity contribution is 5.92. The van der Waals surface area contributed by atoms with E-state index in [2.05, 4.69) is 15.3 Å². The molecule has 1 unspecified atom stereocenters. The Morgan fingerprint density at radius 3 is 2.73 bits per heavy atom. The summed E-state index contributed by atoms with van der Waals surface area (Å²) >= 11 is 0. The molecule has 0 saturated carbocycles. The maximum atomic E-state index is 11.7. The summed E-state index contributed by atoms with van der Waals surface area (Å²) in [5, 5.41) is 2.73. The van der Waals surface area contributed by atoms with Crippen molar-refractivity contribution in [2.24, 2.45) is 11.7 Å². The van der Waals surface area contributed by atoms with E-state index in [1.807, 2.05) is 6.92 Å². The van der Waals surface area contributed by atoms with Gasteiger partial charge in [-0.05, 0) is 6.42 Å². The predicted molar refractivity (Wildman–Crippen MR) is 58.1 cm³/mol. The van der Waals surface area contributed by atoms with Crippen LogP contribution in [0.1, 0.15) is 19.8 Å². The molecule has 0 bridgehead atoms. The van der Waals surface area contributed by atoms with Crippen molar-refractivity contribution in [2.45, 2.75) is 19.8 Å². The zero-order valence-corrected chi connectivity index (χ0v) is 8.81. The molecule has 0 aliphatic rings. The van der Waals surface area contributed by atoms with Gasteiger partial charge in [0.05, 0.1) is 24.0 Å². The van der Waals surface area contributed by atoms with Crippen LogP contribution in [0.4, 0.5) is 5.69 Å². The number of anilines is 1. The first kappa shape index (κ1) is 11.6. The second-order valence-corrected chi connectivity index (χ2v) is 3.34. The van der Waals surface area contributed by atoms with Crippen molar-refractivity contribution >= 4 is 11.6 Å². The van der Waals surface area contributed by atoms with Crippen molar-refractivity contribution in [1.82, 2.24) is 9.97 Å². The average Bonchev–Trinajstić information content (AvgIpc) is 2.27. The van der Waals surface area contributed by atoms with Crippen molar-refractivity contribution in [2.75, 3.05) is 11.9 Å². The summed E-state index contributed by atoms with van der Waals surface area (Å²) in [5.74, 6) is -0.190. The molecule has 5 heteroatoms. The van der Waals surface area contributed by atoms with Crippen LogP contribution >= 0.6 is 0 Å². The molecule has 1 rings (SSSR count). The standard InChI is InChI=1S/C10H16N4O/c1-2-3-8(4-11)10(15)14-9-5-12-7-13-6-9/h5-8H,2-4,11H2,1H3,(H,14,15). The first-order chi connectivity index (χ1) is 7.27. The van der Waals surface area contributed by atoms with Crippen LogP contribution in [-0.2, 0) is 4.79 Å². The minimum atomic E-state index is -0.129. The molecular weight excluding hydrogens is 192 g/mol. The summed E-state index contributed by atoms with van der Waals surface area (Å²) in [6, 6.07) is 0. The van der Waals surface area contributed by atoms with Gasteiger partial charge in [0.2, 0.25) is 5.91 Å². The molecule has 0 fully saturated rings. The van der Waals surface area contributed by atoms with Crippen molar-refractivity contribution in [1.29, 1.82) is 0 Å². The lowest BCUT2D eigenvalue weighted by Gasteiger charge is -2.13. The predicted octanol–water partition coefficient (Wildman–Crippen LogP) is 0.790. The number of hydrogen-bond acceptors (Lipinski definition) is 4. The fourth-order valence-electron chi connectivity index (χ4n) is 1.31. The Morgan fingerprint density at radius 2 is 2.20 bits per heavy atom. The molecule has 0 aromatic carbocycles. The molecule has 0 radical (unpaired) electrons. The van der Waals surface area contributed by atoms with Crippen LogP contribution in [0.25, 0.3) is 0 Å². The van der Waals surface area contributed by atoms with Crippen LogP contribution in [0, 0.1) is 5.92 Å². The zero-order valence-electron chi connectivity index (χ0n) is 8.81. The highest BCUT2D eigenvalue weighted by atomic mass is 16.1. The molecule has 1 aromatic rings. The summed E-state index contributed by atoms with van der Waals surface area (Å²) in [5.41, 5.74) is 6.13. The number of aromatic nitrogens is 2. The molecule has 1 aromatic heterocycles. The van der Waals surface area contributed by atoms with Crippen LogP contribution in [-0.4, -0.2) is 22.4 Å². The first-order valence-electron chi connectivity index (χ1n) is 5.03. The van der Waals surface area contributed by atoms with Gasteiger partial charge in [-0.15, -0.1) is 0 Å². The topological polar surface area (TPSA) is 80.9 Å². The normalized spacial score (nSPS) is 12.1. The number of hydrogen-bond donors (Lipinski definition) is 2. The summed E-state index contributed by atoms with van der Waals surface area (Å²) < 4.78 is 0. The van der Waals surface area contributed by atoms with E-state index in [4.69, 9.17) is 5.73 Å². The largest absolute Gasteiger partial charge is 0.330 e. The molecular formula is C10H16N4O. The van der Waals surface area contributed by atoms with E-state index in [-0.39, 0.29) is 11.8 Å². The second kappa shape index (κ2) is 6.08. The SMILES string of the molecule is CCCC(CN)C(=O)Nc1cncnc1. The Bertz CT molecular complexity index is 302. The third-order valence-electron chi connectivity index (χ3n) is 2.12. The lowest BCUT2D eigenvalue weighted by molar-refractivity contribution is -0.119. The van der Waals surface area contributed by atoms with Gasteiger partial charge in [0, 0.05) is 6.54 Å². The van der Waals surface area contributed by atoms with E-state index in [1.54, 1.807) is 12.4 Å². The minimum Gasteiger partial charge on any atom is -0.330 e. The van der Waals surface area contributed by atoms with E-state index in [0.29, 0.717) is 12.2 Å². The van der Waals surface area contributed by atoms with Gasteiger partial charge in [-0.1, -0.05) is 13.3 Å². The van der Waals surface area contributed by atoms with Crippen molar-refractivity contribution in [3.63, 3.8) is 0 Å². The third-order valence-corrected chi connectivity index (χ3v) is 2.12. The molecule has 0 saturated heterocycles. The summed E-state index contributed by atoms with van der Waals surface area (Å²) in [7, 11) is 0. The van der Waals surface area contributed by atoms with Crippen LogP contribution in [0.2, 0.25) is 0 Å². The van der Waals surface area contributed by atoms with Crippen LogP contribution in [0.3, 0.4) is 0 Å². The Balaban J connectivity index is 2.54. The fraction of sp³-hybridized carbons (Fsp3) is 0.500. The van der Waals surface area contributed by atoms with E-state index in [9.17, 15) is 4.79 Å². The second-order valence-electron chi connectivity index (χ2n) is 3.34. The number of nitrogens with zero attached hydrogens (tertiary/aromatic N) is 2.